The lowest BCUT2D eigenvalue weighted by molar-refractivity contribution is -0.127. The van der Waals surface area contributed by atoms with Gasteiger partial charge in [-0.05, 0) is 6.42 Å². The molecule has 0 aromatic rings. The van der Waals surface area contributed by atoms with Crippen LogP contribution in [-0.2, 0) is 4.79 Å². The van der Waals surface area contributed by atoms with Crippen molar-refractivity contribution in [3.63, 3.8) is 0 Å². The van der Waals surface area contributed by atoms with Crippen molar-refractivity contribution in [3.8, 4) is 6.07 Å². The maximum absolute atomic E-state index is 11.4. The highest BCUT2D eigenvalue weighted by atomic mass is 16.2. The lowest BCUT2D eigenvalue weighted by atomic mass is 10.2. The van der Waals surface area contributed by atoms with E-state index >= 15 is 0 Å². The Balaban J connectivity index is 2.60. The van der Waals surface area contributed by atoms with E-state index in [1.807, 2.05) is 13.0 Å². The molecule has 0 radical (unpaired) electrons. The predicted octanol–water partition coefficient (Wildman–Crippen LogP) is 0.230. The summed E-state index contributed by atoms with van der Waals surface area (Å²) in [7, 11) is 0. The molecule has 0 saturated carbocycles. The fourth-order valence-electron chi connectivity index (χ4n) is 1.23. The van der Waals surface area contributed by atoms with Crippen molar-refractivity contribution >= 4 is 11.9 Å². The number of imide groups is 1. The Morgan fingerprint density at radius 2 is 2.31 bits per heavy atom. The predicted molar refractivity (Wildman–Crippen MR) is 44.6 cm³/mol. The van der Waals surface area contributed by atoms with Crippen LogP contribution in [0.15, 0.2) is 0 Å². The second kappa shape index (κ2) is 3.90. The second-order valence-electron chi connectivity index (χ2n) is 2.81. The van der Waals surface area contributed by atoms with Crippen LogP contribution in [0.25, 0.3) is 0 Å². The highest BCUT2D eigenvalue weighted by Gasteiger charge is 2.35. The Morgan fingerprint density at radius 3 is 2.77 bits per heavy atom. The SMILES string of the molecule is CCC1NC(=O)N(CCC#N)C1=O. The monoisotopic (exact) mass is 181 g/mol. The summed E-state index contributed by atoms with van der Waals surface area (Å²) in [4.78, 5) is 23.6. The third kappa shape index (κ3) is 1.78. The van der Waals surface area contributed by atoms with Gasteiger partial charge in [-0.3, -0.25) is 9.69 Å². The second-order valence-corrected chi connectivity index (χ2v) is 2.81. The molecule has 0 bridgehead atoms. The summed E-state index contributed by atoms with van der Waals surface area (Å²) in [6.45, 7) is 2.02. The van der Waals surface area contributed by atoms with Crippen molar-refractivity contribution in [3.05, 3.63) is 0 Å². The van der Waals surface area contributed by atoms with E-state index in [1.165, 1.54) is 0 Å². The van der Waals surface area contributed by atoms with E-state index in [2.05, 4.69) is 5.32 Å². The highest BCUT2D eigenvalue weighted by molar-refractivity contribution is 6.04. The third-order valence-electron chi connectivity index (χ3n) is 1.96. The van der Waals surface area contributed by atoms with Gasteiger partial charge in [-0.25, -0.2) is 4.79 Å². The average molecular weight is 181 g/mol. The fourth-order valence-corrected chi connectivity index (χ4v) is 1.23. The van der Waals surface area contributed by atoms with E-state index in [0.717, 1.165) is 4.90 Å². The van der Waals surface area contributed by atoms with E-state index in [9.17, 15) is 9.59 Å². The van der Waals surface area contributed by atoms with Gasteiger partial charge in [-0.2, -0.15) is 5.26 Å². The molecule has 13 heavy (non-hydrogen) atoms. The summed E-state index contributed by atoms with van der Waals surface area (Å²) < 4.78 is 0. The molecule has 5 nitrogen and oxygen atoms in total. The number of carbonyl (C=O) groups excluding carboxylic acids is 2. The quantitative estimate of drug-likeness (QED) is 0.633. The molecule has 1 rings (SSSR count). The molecule has 0 spiro atoms. The normalized spacial score (nSPS) is 21.5. The van der Waals surface area contributed by atoms with Crippen molar-refractivity contribution in [2.45, 2.75) is 25.8 Å². The summed E-state index contributed by atoms with van der Waals surface area (Å²) in [5.41, 5.74) is 0. The summed E-state index contributed by atoms with van der Waals surface area (Å²) in [5, 5.41) is 10.8. The topological polar surface area (TPSA) is 73.2 Å². The third-order valence-corrected chi connectivity index (χ3v) is 1.96. The Morgan fingerprint density at radius 1 is 1.62 bits per heavy atom. The zero-order valence-electron chi connectivity index (χ0n) is 7.41. The summed E-state index contributed by atoms with van der Waals surface area (Å²) in [6.07, 6.45) is 0.781. The molecule has 5 heteroatoms. The molecule has 1 unspecified atom stereocenters. The van der Waals surface area contributed by atoms with Gasteiger partial charge in [0.2, 0.25) is 0 Å². The molecule has 70 valence electrons. The number of nitrogens with zero attached hydrogens (tertiary/aromatic N) is 2. The number of nitrogens with one attached hydrogen (secondary N) is 1. The van der Waals surface area contributed by atoms with E-state index in [4.69, 9.17) is 5.26 Å². The Bertz CT molecular complexity index is 269. The maximum Gasteiger partial charge on any atom is 0.324 e. The number of nitriles is 1. The first-order valence-corrected chi connectivity index (χ1v) is 4.19. The molecule has 1 heterocycles. The first-order valence-electron chi connectivity index (χ1n) is 4.19. The lowest BCUT2D eigenvalue weighted by Crippen LogP contribution is -2.32. The van der Waals surface area contributed by atoms with Crippen LogP contribution in [-0.4, -0.2) is 29.4 Å². The number of hydrogen-bond acceptors (Lipinski definition) is 3. The van der Waals surface area contributed by atoms with Gasteiger partial charge in [-0.1, -0.05) is 6.92 Å². The zero-order valence-corrected chi connectivity index (χ0v) is 7.41. The van der Waals surface area contributed by atoms with Gasteiger partial charge in [0, 0.05) is 6.54 Å². The lowest BCUT2D eigenvalue weighted by Gasteiger charge is -2.09. The number of urea groups is 1. The molecule has 1 saturated heterocycles. The molecular weight excluding hydrogens is 170 g/mol. The summed E-state index contributed by atoms with van der Waals surface area (Å²) in [6, 6.07) is 1.12. The van der Waals surface area contributed by atoms with Crippen LogP contribution >= 0.6 is 0 Å². The van der Waals surface area contributed by atoms with Gasteiger partial charge in [0.15, 0.2) is 0 Å². The Kier molecular flexibility index (Phi) is 2.85. The van der Waals surface area contributed by atoms with Gasteiger partial charge in [0.25, 0.3) is 5.91 Å². The van der Waals surface area contributed by atoms with Crippen LogP contribution in [0.2, 0.25) is 0 Å². The molecule has 0 aromatic carbocycles. The van der Waals surface area contributed by atoms with E-state index < -0.39 is 6.04 Å². The van der Waals surface area contributed by atoms with Gasteiger partial charge >= 0.3 is 6.03 Å². The zero-order chi connectivity index (χ0) is 9.84. The molecule has 1 atom stereocenters. The maximum atomic E-state index is 11.4. The first kappa shape index (κ1) is 9.52. The number of carbonyl (C=O) groups is 2. The molecule has 0 aliphatic carbocycles. The minimum absolute atomic E-state index is 0.190. The van der Waals surface area contributed by atoms with Gasteiger partial charge in [0.1, 0.15) is 6.04 Å². The van der Waals surface area contributed by atoms with E-state index in [1.54, 1.807) is 0 Å². The van der Waals surface area contributed by atoms with Gasteiger partial charge < -0.3 is 5.32 Å². The molecule has 1 N–H and O–H groups in total. The van der Waals surface area contributed by atoms with Crippen LogP contribution in [0.3, 0.4) is 0 Å². The first-order chi connectivity index (χ1) is 6.20. The van der Waals surface area contributed by atoms with Crippen LogP contribution in [0.5, 0.6) is 0 Å². The van der Waals surface area contributed by atoms with Crippen molar-refractivity contribution in [1.82, 2.24) is 10.2 Å². The van der Waals surface area contributed by atoms with Crippen LogP contribution < -0.4 is 5.32 Å². The van der Waals surface area contributed by atoms with Crippen LogP contribution in [0.4, 0.5) is 4.79 Å². The molecular formula is C8H11N3O2. The van der Waals surface area contributed by atoms with Crippen LogP contribution in [0.1, 0.15) is 19.8 Å². The standard InChI is InChI=1S/C8H11N3O2/c1-2-6-7(12)11(5-3-4-9)8(13)10-6/h6H,2-3,5H2,1H3,(H,10,13). The summed E-state index contributed by atoms with van der Waals surface area (Å²) >= 11 is 0. The Hall–Kier alpha value is -1.57. The van der Waals surface area contributed by atoms with E-state index in [-0.39, 0.29) is 24.9 Å². The number of rotatable bonds is 3. The Labute approximate surface area is 76.3 Å². The molecule has 1 aliphatic rings. The summed E-state index contributed by atoms with van der Waals surface area (Å²) in [5.74, 6) is -0.220. The number of hydrogen-bond donors (Lipinski definition) is 1. The van der Waals surface area contributed by atoms with Crippen molar-refractivity contribution in [2.75, 3.05) is 6.54 Å². The average Bonchev–Trinajstić information content (AvgIpc) is 2.39. The molecule has 1 fully saturated rings. The highest BCUT2D eigenvalue weighted by Crippen LogP contribution is 2.08. The minimum atomic E-state index is -0.397. The minimum Gasteiger partial charge on any atom is -0.326 e. The van der Waals surface area contributed by atoms with E-state index in [0.29, 0.717) is 6.42 Å². The van der Waals surface area contributed by atoms with Crippen molar-refractivity contribution < 1.29 is 9.59 Å². The van der Waals surface area contributed by atoms with Gasteiger partial charge in [-0.15, -0.1) is 0 Å². The molecule has 1 aliphatic heterocycles. The smallest absolute Gasteiger partial charge is 0.324 e. The van der Waals surface area contributed by atoms with Gasteiger partial charge in [0.05, 0.1) is 12.5 Å². The number of amides is 3. The van der Waals surface area contributed by atoms with Crippen molar-refractivity contribution in [1.29, 1.82) is 5.26 Å². The molecule has 0 aromatic heterocycles. The van der Waals surface area contributed by atoms with Crippen LogP contribution in [0, 0.1) is 11.3 Å². The largest absolute Gasteiger partial charge is 0.326 e. The fraction of sp³-hybridized carbons (Fsp3) is 0.625. The molecule has 3 amide bonds. The van der Waals surface area contributed by atoms with Crippen molar-refractivity contribution in [2.24, 2.45) is 0 Å².